The Hall–Kier alpha value is -1.30. The topological polar surface area (TPSA) is 18.1 Å². The molecule has 124 valence electrons. The molecule has 2 aromatic carbocycles. The molecule has 0 unspecified atom stereocenters. The number of unbranched alkanes of at least 4 members (excludes halogenated alkanes) is 2. The maximum atomic E-state index is 5.78. The van der Waals surface area contributed by atoms with E-state index >= 15 is 0 Å². The number of aromatic nitrogens is 1. The number of halogens is 1. The lowest BCUT2D eigenvalue weighted by molar-refractivity contribution is 0.537. The molecule has 0 atom stereocenters. The predicted octanol–water partition coefficient (Wildman–Crippen LogP) is 7.18. The highest BCUT2D eigenvalue weighted by Crippen LogP contribution is 2.24. The van der Waals surface area contributed by atoms with E-state index in [4.69, 9.17) is 28.9 Å². The quantitative estimate of drug-likeness (QED) is 0.322. The molecule has 2 nitrogen and oxygen atoms in total. The van der Waals surface area contributed by atoms with Gasteiger partial charge >= 0.3 is 0 Å². The van der Waals surface area contributed by atoms with Gasteiger partial charge in [-0.05, 0) is 61.0 Å². The van der Waals surface area contributed by atoms with Crippen molar-refractivity contribution in [3.63, 3.8) is 0 Å². The lowest BCUT2D eigenvalue weighted by Gasteiger charge is -2.10. The van der Waals surface area contributed by atoms with Crippen LogP contribution >= 0.6 is 40.4 Å². The molecular formula is C19H18BrNOS2. The molecular weight excluding hydrogens is 402 g/mol. The Bertz CT molecular complexity index is 973. The summed E-state index contributed by atoms with van der Waals surface area (Å²) in [5.74, 6) is 0. The third-order valence-electron chi connectivity index (χ3n) is 4.02. The minimum absolute atomic E-state index is 0.369. The first-order chi connectivity index (χ1) is 11.6. The summed E-state index contributed by atoms with van der Waals surface area (Å²) in [5, 5.41) is 0.875. The van der Waals surface area contributed by atoms with Gasteiger partial charge < -0.3 is 4.42 Å². The van der Waals surface area contributed by atoms with Crippen molar-refractivity contribution in [1.82, 2.24) is 4.57 Å². The smallest absolute Gasteiger partial charge is 0.274 e. The maximum absolute atomic E-state index is 5.78. The second-order valence-electron chi connectivity index (χ2n) is 5.77. The molecule has 0 bridgehead atoms. The molecule has 1 aromatic heterocycles. The molecule has 1 heterocycles. The zero-order valence-corrected chi connectivity index (χ0v) is 16.6. The molecule has 0 radical (unpaired) electrons. The molecule has 0 saturated carbocycles. The van der Waals surface area contributed by atoms with Crippen LogP contribution in [0.4, 0.5) is 0 Å². The van der Waals surface area contributed by atoms with E-state index in [0.717, 1.165) is 22.0 Å². The van der Waals surface area contributed by atoms with Gasteiger partial charge in [-0.3, -0.25) is 4.57 Å². The van der Waals surface area contributed by atoms with Crippen LogP contribution in [-0.4, -0.2) is 4.57 Å². The van der Waals surface area contributed by atoms with E-state index in [9.17, 15) is 0 Å². The van der Waals surface area contributed by atoms with Gasteiger partial charge in [-0.2, -0.15) is 0 Å². The van der Waals surface area contributed by atoms with Crippen LogP contribution in [0.2, 0.25) is 0 Å². The first kappa shape index (κ1) is 17.5. The Balaban J connectivity index is 2.03. The Labute approximate surface area is 160 Å². The summed E-state index contributed by atoms with van der Waals surface area (Å²) in [4.78, 5) is 0.369. The molecule has 0 aliphatic rings. The summed E-state index contributed by atoms with van der Waals surface area (Å²) in [6.07, 6.45) is 4.83. The molecule has 0 aliphatic heterocycles. The van der Waals surface area contributed by atoms with Crippen LogP contribution in [0.1, 0.15) is 31.7 Å². The minimum atomic E-state index is 0.369. The summed E-state index contributed by atoms with van der Waals surface area (Å²) in [7, 11) is 0. The zero-order chi connectivity index (χ0) is 17.1. The van der Waals surface area contributed by atoms with Crippen LogP contribution in [0, 0.1) is 9.48 Å². The summed E-state index contributed by atoms with van der Waals surface area (Å²) in [6.45, 7) is 2.22. The second-order valence-corrected chi connectivity index (χ2v) is 7.42. The summed E-state index contributed by atoms with van der Waals surface area (Å²) < 4.78 is 9.23. The highest BCUT2D eigenvalue weighted by Gasteiger charge is 2.07. The largest absolute Gasteiger partial charge is 0.431 e. The van der Waals surface area contributed by atoms with Gasteiger partial charge in [0.05, 0.1) is 11.1 Å². The molecule has 0 spiro atoms. The van der Waals surface area contributed by atoms with Crippen molar-refractivity contribution in [3.05, 3.63) is 62.0 Å². The lowest BCUT2D eigenvalue weighted by Crippen LogP contribution is -2.00. The monoisotopic (exact) mass is 419 g/mol. The van der Waals surface area contributed by atoms with Crippen LogP contribution in [0.3, 0.4) is 0 Å². The standard InChI is InChI=1S/C19H18BrNOS2/c1-2-3-4-5-13-6-9-15(10-7-13)21-18(23)16-12-14(20)8-11-17(16)22-19(21)24/h6-12H,2-5H2,1H3. The minimum Gasteiger partial charge on any atom is -0.431 e. The zero-order valence-electron chi connectivity index (χ0n) is 13.4. The van der Waals surface area contributed by atoms with E-state index in [0.29, 0.717) is 15.1 Å². The fraction of sp³-hybridized carbons (Fsp3) is 0.263. The number of hydrogen-bond acceptors (Lipinski definition) is 3. The van der Waals surface area contributed by atoms with Gasteiger partial charge in [0.15, 0.2) is 0 Å². The molecule has 3 aromatic rings. The Morgan fingerprint density at radius 2 is 1.79 bits per heavy atom. The number of benzene rings is 2. The number of hydrogen-bond donors (Lipinski definition) is 0. The lowest BCUT2D eigenvalue weighted by atomic mass is 10.1. The molecule has 0 amide bonds. The van der Waals surface area contributed by atoms with Gasteiger partial charge in [0.25, 0.3) is 4.84 Å². The van der Waals surface area contributed by atoms with E-state index in [1.165, 1.54) is 24.8 Å². The van der Waals surface area contributed by atoms with Gasteiger partial charge in [0.1, 0.15) is 10.2 Å². The fourth-order valence-corrected chi connectivity index (χ4v) is 3.77. The third-order valence-corrected chi connectivity index (χ3v) is 5.18. The first-order valence-corrected chi connectivity index (χ1v) is 9.66. The van der Waals surface area contributed by atoms with Crippen molar-refractivity contribution in [2.24, 2.45) is 0 Å². The highest BCUT2D eigenvalue weighted by molar-refractivity contribution is 9.10. The summed E-state index contributed by atoms with van der Waals surface area (Å²) in [6, 6.07) is 14.2. The Morgan fingerprint density at radius 3 is 2.50 bits per heavy atom. The fourth-order valence-electron chi connectivity index (χ4n) is 2.71. The number of fused-ring (bicyclic) bond motifs is 1. The van der Waals surface area contributed by atoms with Crippen molar-refractivity contribution in [3.8, 4) is 5.69 Å². The van der Waals surface area contributed by atoms with Crippen molar-refractivity contribution in [2.75, 3.05) is 0 Å². The van der Waals surface area contributed by atoms with Crippen LogP contribution in [-0.2, 0) is 6.42 Å². The van der Waals surface area contributed by atoms with Crippen LogP contribution in [0.15, 0.2) is 51.4 Å². The van der Waals surface area contributed by atoms with Gasteiger partial charge in [0.2, 0.25) is 0 Å². The van der Waals surface area contributed by atoms with E-state index in [-0.39, 0.29) is 0 Å². The molecule has 3 rings (SSSR count). The normalized spacial score (nSPS) is 11.1. The summed E-state index contributed by atoms with van der Waals surface area (Å²) in [5.41, 5.74) is 2.99. The van der Waals surface area contributed by atoms with Gasteiger partial charge in [0, 0.05) is 4.47 Å². The van der Waals surface area contributed by atoms with E-state index in [1.54, 1.807) is 0 Å². The van der Waals surface area contributed by atoms with E-state index < -0.39 is 0 Å². The second kappa shape index (κ2) is 7.72. The van der Waals surface area contributed by atoms with Crippen LogP contribution < -0.4 is 0 Å². The van der Waals surface area contributed by atoms with Gasteiger partial charge in [-0.15, -0.1) is 0 Å². The Kier molecular flexibility index (Phi) is 5.64. The van der Waals surface area contributed by atoms with Crippen molar-refractivity contribution >= 4 is 51.3 Å². The molecule has 5 heteroatoms. The van der Waals surface area contributed by atoms with Gasteiger partial charge in [-0.25, -0.2) is 0 Å². The predicted molar refractivity (Wildman–Crippen MR) is 108 cm³/mol. The molecule has 0 saturated heterocycles. The van der Waals surface area contributed by atoms with E-state index in [1.807, 2.05) is 22.8 Å². The van der Waals surface area contributed by atoms with Crippen molar-refractivity contribution in [2.45, 2.75) is 32.6 Å². The maximum Gasteiger partial charge on any atom is 0.274 e. The molecule has 24 heavy (non-hydrogen) atoms. The number of aryl methyl sites for hydroxylation is 1. The van der Waals surface area contributed by atoms with Crippen LogP contribution in [0.5, 0.6) is 0 Å². The van der Waals surface area contributed by atoms with Gasteiger partial charge in [-0.1, -0.05) is 60.0 Å². The molecule has 0 fully saturated rings. The van der Waals surface area contributed by atoms with E-state index in [2.05, 4.69) is 47.1 Å². The Morgan fingerprint density at radius 1 is 1.04 bits per heavy atom. The average molecular weight is 420 g/mol. The molecule has 0 aliphatic carbocycles. The highest BCUT2D eigenvalue weighted by atomic mass is 79.9. The number of nitrogens with zero attached hydrogens (tertiary/aromatic N) is 1. The van der Waals surface area contributed by atoms with Crippen molar-refractivity contribution in [1.29, 1.82) is 0 Å². The van der Waals surface area contributed by atoms with Crippen LogP contribution in [0.25, 0.3) is 16.7 Å². The number of rotatable bonds is 5. The van der Waals surface area contributed by atoms with Crippen molar-refractivity contribution < 1.29 is 4.42 Å². The third kappa shape index (κ3) is 3.68. The summed E-state index contributed by atoms with van der Waals surface area (Å²) >= 11 is 14.6. The SMILES string of the molecule is CCCCCc1ccc(-n2c(=S)oc3ccc(Br)cc3c2=S)cc1. The average Bonchev–Trinajstić information content (AvgIpc) is 2.57. The first-order valence-electron chi connectivity index (χ1n) is 8.05. The molecule has 0 N–H and O–H groups in total.